The third-order valence-electron chi connectivity index (χ3n) is 2.57. The summed E-state index contributed by atoms with van der Waals surface area (Å²) in [5.74, 6) is -1.58. The van der Waals surface area contributed by atoms with Gasteiger partial charge in [0.1, 0.15) is 12.8 Å². The third kappa shape index (κ3) is 7.84. The number of nitrogens with zero attached hydrogens (tertiary/aromatic N) is 1. The van der Waals surface area contributed by atoms with Crippen molar-refractivity contribution < 1.29 is 27.6 Å². The summed E-state index contributed by atoms with van der Waals surface area (Å²) in [6.07, 6.45) is -3.71. The monoisotopic (exact) mass is 331 g/mol. The highest BCUT2D eigenvalue weighted by molar-refractivity contribution is 6.31. The number of hydrogen-bond acceptors (Lipinski definition) is 4. The molecule has 1 aromatic carbocycles. The summed E-state index contributed by atoms with van der Waals surface area (Å²) in [6.45, 7) is 1.56. The van der Waals surface area contributed by atoms with Crippen molar-refractivity contribution in [3.05, 3.63) is 29.3 Å². The first kappa shape index (κ1) is 18.5. The van der Waals surface area contributed by atoms with Gasteiger partial charge in [0.2, 0.25) is 0 Å². The van der Waals surface area contributed by atoms with Crippen molar-refractivity contribution in [3.8, 4) is 0 Å². The summed E-state index contributed by atoms with van der Waals surface area (Å²) in [6, 6.07) is 5.43. The molecule has 0 saturated heterocycles. The number of aryl methyl sites for hydroxylation is 2. The Morgan fingerprint density at radius 2 is 2.00 bits per heavy atom. The van der Waals surface area contributed by atoms with Crippen molar-refractivity contribution in [3.63, 3.8) is 0 Å². The summed E-state index contributed by atoms with van der Waals surface area (Å²) in [5.41, 5.74) is 2.50. The fraction of sp³-hybridized carbons (Fsp3) is 0.357. The summed E-state index contributed by atoms with van der Waals surface area (Å²) in [5, 5.41) is 7.37. The molecule has 0 aliphatic carbocycles. The van der Waals surface area contributed by atoms with Gasteiger partial charge in [0.05, 0.1) is 0 Å². The number of carbonyl (C=O) groups excluding carboxylic acids is 2. The molecule has 126 valence electrons. The second kappa shape index (κ2) is 8.16. The van der Waals surface area contributed by atoms with E-state index in [1.807, 2.05) is 26.0 Å². The highest BCUT2D eigenvalue weighted by atomic mass is 19.4. The molecule has 0 radical (unpaired) electrons. The quantitative estimate of drug-likeness (QED) is 0.617. The van der Waals surface area contributed by atoms with Gasteiger partial charge in [-0.1, -0.05) is 22.9 Å². The van der Waals surface area contributed by atoms with Crippen LogP contribution >= 0.6 is 0 Å². The molecule has 1 rings (SSSR count). The Morgan fingerprint density at radius 1 is 1.30 bits per heavy atom. The van der Waals surface area contributed by atoms with E-state index in [9.17, 15) is 22.8 Å². The summed E-state index contributed by atoms with van der Waals surface area (Å²) < 4.78 is 35.5. The first-order valence-corrected chi connectivity index (χ1v) is 6.54. The molecule has 0 heterocycles. The lowest BCUT2D eigenvalue weighted by atomic mass is 10.1. The molecule has 0 unspecified atom stereocenters. The molecule has 0 bridgehead atoms. The topological polar surface area (TPSA) is 79.8 Å². The average molecular weight is 331 g/mol. The normalized spacial score (nSPS) is 11.3. The first-order valence-electron chi connectivity index (χ1n) is 6.54. The number of oxime groups is 1. The van der Waals surface area contributed by atoms with Crippen LogP contribution in [0.5, 0.6) is 0 Å². The first-order chi connectivity index (χ1) is 10.7. The zero-order chi connectivity index (χ0) is 17.5. The van der Waals surface area contributed by atoms with Crippen molar-refractivity contribution in [2.75, 3.05) is 18.5 Å². The Balaban J connectivity index is 2.34. The van der Waals surface area contributed by atoms with Crippen molar-refractivity contribution in [2.45, 2.75) is 20.0 Å². The van der Waals surface area contributed by atoms with Crippen LogP contribution in [0.15, 0.2) is 23.4 Å². The Kier molecular flexibility index (Phi) is 6.55. The zero-order valence-electron chi connectivity index (χ0n) is 12.5. The Hall–Kier alpha value is -2.58. The molecule has 2 amide bonds. The van der Waals surface area contributed by atoms with E-state index in [0.717, 1.165) is 17.3 Å². The van der Waals surface area contributed by atoms with Crippen LogP contribution < -0.4 is 10.6 Å². The molecule has 0 aliphatic rings. The largest absolute Gasteiger partial charge is 0.405 e. The summed E-state index contributed by atoms with van der Waals surface area (Å²) in [4.78, 5) is 27.0. The summed E-state index contributed by atoms with van der Waals surface area (Å²) in [7, 11) is 0. The van der Waals surface area contributed by atoms with E-state index in [1.165, 1.54) is 0 Å². The zero-order valence-corrected chi connectivity index (χ0v) is 12.5. The van der Waals surface area contributed by atoms with Gasteiger partial charge in [-0.15, -0.1) is 0 Å². The second-order valence-corrected chi connectivity index (χ2v) is 4.71. The van der Waals surface area contributed by atoms with Gasteiger partial charge in [0.15, 0.2) is 6.61 Å². The van der Waals surface area contributed by atoms with E-state index in [2.05, 4.69) is 15.3 Å². The fourth-order valence-electron chi connectivity index (χ4n) is 1.55. The number of alkyl halides is 3. The molecule has 0 spiro atoms. The highest BCUT2D eigenvalue weighted by Crippen LogP contribution is 2.15. The summed E-state index contributed by atoms with van der Waals surface area (Å²) >= 11 is 0. The molecular formula is C14H16F3N3O3. The molecule has 2 N–H and O–H groups in total. The van der Waals surface area contributed by atoms with E-state index in [-0.39, 0.29) is 0 Å². The highest BCUT2D eigenvalue weighted by Gasteiger charge is 2.27. The lowest BCUT2D eigenvalue weighted by Gasteiger charge is -2.07. The maximum absolute atomic E-state index is 11.8. The van der Waals surface area contributed by atoms with E-state index in [0.29, 0.717) is 5.69 Å². The number of hydrogen-bond donors (Lipinski definition) is 2. The smallest absolute Gasteiger partial charge is 0.386 e. The number of nitrogens with one attached hydrogen (secondary N) is 2. The SMILES string of the molecule is Cc1ccc(NC(=O)/C=N\OCC(=O)NCC(F)(F)F)c(C)c1. The van der Waals surface area contributed by atoms with E-state index in [1.54, 1.807) is 11.4 Å². The van der Waals surface area contributed by atoms with Crippen LogP contribution in [0.25, 0.3) is 0 Å². The average Bonchev–Trinajstić information content (AvgIpc) is 2.44. The molecule has 0 saturated carbocycles. The molecule has 23 heavy (non-hydrogen) atoms. The van der Waals surface area contributed by atoms with Crippen LogP contribution in [-0.2, 0) is 14.4 Å². The fourth-order valence-corrected chi connectivity index (χ4v) is 1.55. The van der Waals surface area contributed by atoms with Crippen LogP contribution in [0, 0.1) is 13.8 Å². The molecule has 0 aromatic heterocycles. The standard InChI is InChI=1S/C14H16F3N3O3/c1-9-3-4-11(10(2)5-9)20-12(21)6-19-23-7-13(22)18-8-14(15,16)17/h3-6H,7-8H2,1-2H3,(H,18,22)(H,20,21)/b19-6-. The molecule has 1 aromatic rings. The molecule has 6 nitrogen and oxygen atoms in total. The minimum Gasteiger partial charge on any atom is -0.386 e. The van der Waals surface area contributed by atoms with Crippen LogP contribution in [0.4, 0.5) is 18.9 Å². The van der Waals surface area contributed by atoms with Crippen LogP contribution in [0.1, 0.15) is 11.1 Å². The number of carbonyl (C=O) groups is 2. The predicted molar refractivity (Wildman–Crippen MR) is 78.1 cm³/mol. The number of halogens is 3. The van der Waals surface area contributed by atoms with Gasteiger partial charge in [-0.25, -0.2) is 0 Å². The number of anilines is 1. The van der Waals surface area contributed by atoms with Crippen LogP contribution in [0.3, 0.4) is 0 Å². The van der Waals surface area contributed by atoms with Crippen molar-refractivity contribution in [1.82, 2.24) is 5.32 Å². The Morgan fingerprint density at radius 3 is 2.61 bits per heavy atom. The number of amides is 2. The predicted octanol–water partition coefficient (Wildman–Crippen LogP) is 1.92. The molecule has 9 heteroatoms. The van der Waals surface area contributed by atoms with Gasteiger partial charge in [-0.2, -0.15) is 13.2 Å². The molecular weight excluding hydrogens is 315 g/mol. The Labute approximate surface area is 130 Å². The van der Waals surface area contributed by atoms with Crippen LogP contribution in [-0.4, -0.2) is 37.4 Å². The van der Waals surface area contributed by atoms with Gasteiger partial charge >= 0.3 is 6.18 Å². The lowest BCUT2D eigenvalue weighted by molar-refractivity contribution is -0.141. The minimum atomic E-state index is -4.50. The van der Waals surface area contributed by atoms with Crippen LogP contribution in [0.2, 0.25) is 0 Å². The van der Waals surface area contributed by atoms with Crippen molar-refractivity contribution >= 4 is 23.7 Å². The number of rotatable bonds is 6. The van der Waals surface area contributed by atoms with Gasteiger partial charge in [-0.3, -0.25) is 9.59 Å². The van der Waals surface area contributed by atoms with E-state index >= 15 is 0 Å². The van der Waals surface area contributed by atoms with Gasteiger partial charge in [0, 0.05) is 5.69 Å². The lowest BCUT2D eigenvalue weighted by Crippen LogP contribution is -2.35. The Bertz CT molecular complexity index is 601. The van der Waals surface area contributed by atoms with E-state index in [4.69, 9.17) is 0 Å². The third-order valence-corrected chi connectivity index (χ3v) is 2.57. The van der Waals surface area contributed by atoms with Crippen molar-refractivity contribution in [1.29, 1.82) is 0 Å². The van der Waals surface area contributed by atoms with E-state index < -0.39 is 31.1 Å². The minimum absolute atomic E-state index is 0.590. The molecule has 0 atom stereocenters. The van der Waals surface area contributed by atoms with Gasteiger partial charge < -0.3 is 15.5 Å². The van der Waals surface area contributed by atoms with Gasteiger partial charge in [-0.05, 0) is 25.5 Å². The van der Waals surface area contributed by atoms with Gasteiger partial charge in [0.25, 0.3) is 11.8 Å². The molecule has 0 fully saturated rings. The van der Waals surface area contributed by atoms with Crippen molar-refractivity contribution in [2.24, 2.45) is 5.16 Å². The number of benzene rings is 1. The maximum Gasteiger partial charge on any atom is 0.405 e. The molecule has 0 aliphatic heterocycles. The second-order valence-electron chi connectivity index (χ2n) is 4.71. The maximum atomic E-state index is 11.8.